The van der Waals surface area contributed by atoms with Crippen LogP contribution in [0.5, 0.6) is 0 Å². The Labute approximate surface area is 91.4 Å². The Hall–Kier alpha value is -0.790. The number of hydrogen-bond acceptors (Lipinski definition) is 1. The molecule has 0 bridgehead atoms. The highest BCUT2D eigenvalue weighted by molar-refractivity contribution is 14.1. The predicted molar refractivity (Wildman–Crippen MR) is 52.7 cm³/mol. The van der Waals surface area contributed by atoms with Crippen LogP contribution < -0.4 is 5.73 Å². The normalized spacial score (nSPS) is 11.4. The molecule has 0 heterocycles. The maximum atomic E-state index is 12.2. The third kappa shape index (κ3) is 2.37. The van der Waals surface area contributed by atoms with Crippen molar-refractivity contribution in [1.29, 1.82) is 0 Å². The number of halogens is 4. The molecule has 1 amide bonds. The Kier molecular flexibility index (Phi) is 3.03. The SMILES string of the molecule is NC(=O)c1ccc(C(F)(F)F)cc1I. The van der Waals surface area contributed by atoms with Crippen LogP contribution in [0.3, 0.4) is 0 Å². The topological polar surface area (TPSA) is 43.1 Å². The molecule has 1 rings (SSSR count). The molecule has 0 saturated carbocycles. The molecule has 0 atom stereocenters. The highest BCUT2D eigenvalue weighted by atomic mass is 127. The van der Waals surface area contributed by atoms with E-state index in [4.69, 9.17) is 5.73 Å². The van der Waals surface area contributed by atoms with Crippen molar-refractivity contribution >= 4 is 28.5 Å². The molecule has 1 aromatic rings. The minimum absolute atomic E-state index is 0.0959. The molecule has 6 heteroatoms. The standard InChI is InChI=1S/C8H5F3INO/c9-8(10,11)4-1-2-5(7(13)14)6(12)3-4/h1-3H,(H2,13,14). The molecule has 0 spiro atoms. The quantitative estimate of drug-likeness (QED) is 0.795. The molecule has 2 nitrogen and oxygen atoms in total. The van der Waals surface area contributed by atoms with E-state index in [1.807, 2.05) is 0 Å². The Balaban J connectivity index is 3.20. The van der Waals surface area contributed by atoms with Crippen LogP contribution in [0.15, 0.2) is 18.2 Å². The van der Waals surface area contributed by atoms with Gasteiger partial charge >= 0.3 is 6.18 Å². The fourth-order valence-corrected chi connectivity index (χ4v) is 1.67. The summed E-state index contributed by atoms with van der Waals surface area (Å²) in [5, 5.41) is 0. The maximum Gasteiger partial charge on any atom is 0.416 e. The van der Waals surface area contributed by atoms with Crippen molar-refractivity contribution in [2.75, 3.05) is 0 Å². The molecule has 1 aromatic carbocycles. The summed E-state index contributed by atoms with van der Waals surface area (Å²) < 4.78 is 36.7. The minimum atomic E-state index is -4.39. The van der Waals surface area contributed by atoms with Gasteiger partial charge in [-0.2, -0.15) is 13.2 Å². The van der Waals surface area contributed by atoms with Gasteiger partial charge in [0.1, 0.15) is 0 Å². The van der Waals surface area contributed by atoms with Gasteiger partial charge in [0.05, 0.1) is 11.1 Å². The van der Waals surface area contributed by atoms with Crippen LogP contribution in [0.25, 0.3) is 0 Å². The molecular weight excluding hydrogens is 310 g/mol. The van der Waals surface area contributed by atoms with Crippen LogP contribution in [-0.4, -0.2) is 5.91 Å². The molecular formula is C8H5F3INO. The van der Waals surface area contributed by atoms with Crippen molar-refractivity contribution in [2.45, 2.75) is 6.18 Å². The summed E-state index contributed by atoms with van der Waals surface area (Å²) in [4.78, 5) is 10.7. The molecule has 0 fully saturated rings. The van der Waals surface area contributed by atoms with E-state index in [0.29, 0.717) is 0 Å². The molecule has 0 aliphatic carbocycles. The number of primary amides is 1. The average Bonchev–Trinajstić information content (AvgIpc) is 2.01. The minimum Gasteiger partial charge on any atom is -0.366 e. The van der Waals surface area contributed by atoms with Crippen molar-refractivity contribution in [1.82, 2.24) is 0 Å². The zero-order valence-corrected chi connectivity index (χ0v) is 8.89. The van der Waals surface area contributed by atoms with E-state index in [1.54, 1.807) is 22.6 Å². The van der Waals surface area contributed by atoms with Crippen molar-refractivity contribution in [3.05, 3.63) is 32.9 Å². The molecule has 76 valence electrons. The Bertz CT molecular complexity index is 375. The first-order valence-electron chi connectivity index (χ1n) is 3.49. The number of hydrogen-bond donors (Lipinski definition) is 1. The summed E-state index contributed by atoms with van der Waals surface area (Å²) in [7, 11) is 0. The van der Waals surface area contributed by atoms with Crippen molar-refractivity contribution in [3.8, 4) is 0 Å². The molecule has 0 radical (unpaired) electrons. The second-order valence-electron chi connectivity index (χ2n) is 2.56. The third-order valence-electron chi connectivity index (χ3n) is 1.56. The van der Waals surface area contributed by atoms with Gasteiger partial charge in [-0.05, 0) is 40.8 Å². The van der Waals surface area contributed by atoms with E-state index in [1.165, 1.54) is 0 Å². The van der Waals surface area contributed by atoms with Crippen LogP contribution >= 0.6 is 22.6 Å². The van der Waals surface area contributed by atoms with Gasteiger partial charge in [-0.25, -0.2) is 0 Å². The van der Waals surface area contributed by atoms with Crippen LogP contribution in [0.1, 0.15) is 15.9 Å². The zero-order chi connectivity index (χ0) is 10.9. The van der Waals surface area contributed by atoms with Crippen molar-refractivity contribution in [2.24, 2.45) is 5.73 Å². The van der Waals surface area contributed by atoms with E-state index in [9.17, 15) is 18.0 Å². The van der Waals surface area contributed by atoms with Gasteiger partial charge < -0.3 is 5.73 Å². The monoisotopic (exact) mass is 315 g/mol. The van der Waals surface area contributed by atoms with E-state index in [-0.39, 0.29) is 9.13 Å². The van der Waals surface area contributed by atoms with Gasteiger partial charge in [-0.15, -0.1) is 0 Å². The van der Waals surface area contributed by atoms with E-state index in [0.717, 1.165) is 18.2 Å². The van der Waals surface area contributed by atoms with Gasteiger partial charge in [-0.3, -0.25) is 4.79 Å². The molecule has 14 heavy (non-hydrogen) atoms. The van der Waals surface area contributed by atoms with Crippen LogP contribution in [0, 0.1) is 3.57 Å². The number of carbonyl (C=O) groups excluding carboxylic acids is 1. The number of benzene rings is 1. The molecule has 2 N–H and O–H groups in total. The van der Waals surface area contributed by atoms with Crippen LogP contribution in [0.2, 0.25) is 0 Å². The lowest BCUT2D eigenvalue weighted by Gasteiger charge is -2.08. The lowest BCUT2D eigenvalue weighted by molar-refractivity contribution is -0.137. The van der Waals surface area contributed by atoms with E-state index in [2.05, 4.69) is 0 Å². The number of alkyl halides is 3. The second-order valence-corrected chi connectivity index (χ2v) is 3.72. The third-order valence-corrected chi connectivity index (χ3v) is 2.45. The van der Waals surface area contributed by atoms with Crippen LogP contribution in [0.4, 0.5) is 13.2 Å². The molecule has 0 aromatic heterocycles. The summed E-state index contributed by atoms with van der Waals surface area (Å²) in [5.74, 6) is -0.733. The highest BCUT2D eigenvalue weighted by Gasteiger charge is 2.31. The summed E-state index contributed by atoms with van der Waals surface area (Å²) in [6, 6.07) is 2.80. The first-order valence-corrected chi connectivity index (χ1v) is 4.57. The molecule has 0 aliphatic heterocycles. The summed E-state index contributed by atoms with van der Waals surface area (Å²) >= 11 is 1.64. The van der Waals surface area contributed by atoms with Gasteiger partial charge in [0.2, 0.25) is 5.91 Å². The van der Waals surface area contributed by atoms with Gasteiger partial charge in [0.25, 0.3) is 0 Å². The number of rotatable bonds is 1. The summed E-state index contributed by atoms with van der Waals surface area (Å²) in [5.41, 5.74) is 4.26. The molecule has 0 unspecified atom stereocenters. The summed E-state index contributed by atoms with van der Waals surface area (Å²) in [6.45, 7) is 0. The maximum absolute atomic E-state index is 12.2. The Morgan fingerprint density at radius 1 is 1.36 bits per heavy atom. The fourth-order valence-electron chi connectivity index (χ4n) is 0.891. The number of carbonyl (C=O) groups is 1. The van der Waals surface area contributed by atoms with Crippen molar-refractivity contribution in [3.63, 3.8) is 0 Å². The Morgan fingerprint density at radius 3 is 2.29 bits per heavy atom. The van der Waals surface area contributed by atoms with Gasteiger partial charge in [0, 0.05) is 3.57 Å². The van der Waals surface area contributed by atoms with Gasteiger partial charge in [0.15, 0.2) is 0 Å². The van der Waals surface area contributed by atoms with E-state index >= 15 is 0 Å². The number of amides is 1. The zero-order valence-electron chi connectivity index (χ0n) is 6.73. The number of nitrogens with two attached hydrogens (primary N) is 1. The van der Waals surface area contributed by atoms with Crippen LogP contribution in [-0.2, 0) is 6.18 Å². The fraction of sp³-hybridized carbons (Fsp3) is 0.125. The largest absolute Gasteiger partial charge is 0.416 e. The second kappa shape index (κ2) is 3.76. The molecule has 0 saturated heterocycles. The van der Waals surface area contributed by atoms with E-state index < -0.39 is 17.6 Å². The average molecular weight is 315 g/mol. The first kappa shape index (κ1) is 11.3. The molecule has 0 aliphatic rings. The van der Waals surface area contributed by atoms with Gasteiger partial charge in [-0.1, -0.05) is 0 Å². The van der Waals surface area contributed by atoms with Crippen molar-refractivity contribution < 1.29 is 18.0 Å². The summed E-state index contributed by atoms with van der Waals surface area (Å²) in [6.07, 6.45) is -4.39. The first-order chi connectivity index (χ1) is 6.32. The smallest absolute Gasteiger partial charge is 0.366 e. The lowest BCUT2D eigenvalue weighted by Crippen LogP contribution is -2.14. The highest BCUT2D eigenvalue weighted by Crippen LogP contribution is 2.30. The Morgan fingerprint density at radius 2 is 1.93 bits per heavy atom. The predicted octanol–water partition coefficient (Wildman–Crippen LogP) is 2.41. The lowest BCUT2D eigenvalue weighted by atomic mass is 10.1.